The molecular weight excluding hydrogens is 368 g/mol. The normalized spacial score (nSPS) is 21.1. The number of hydrogen-bond acceptors (Lipinski definition) is 5. The monoisotopic (exact) mass is 396 g/mol. The predicted molar refractivity (Wildman–Crippen MR) is 102 cm³/mol. The number of carbonyl (C=O) groups is 2. The summed E-state index contributed by atoms with van der Waals surface area (Å²) >= 11 is 0. The van der Waals surface area contributed by atoms with Gasteiger partial charge >= 0.3 is 5.97 Å². The van der Waals surface area contributed by atoms with Gasteiger partial charge in [0.1, 0.15) is 0 Å². The summed E-state index contributed by atoms with van der Waals surface area (Å²) in [5, 5.41) is 2.62. The number of esters is 1. The van der Waals surface area contributed by atoms with Crippen molar-refractivity contribution in [3.63, 3.8) is 0 Å². The Kier molecular flexibility index (Phi) is 7.00. The van der Waals surface area contributed by atoms with Crippen LogP contribution in [0.5, 0.6) is 0 Å². The highest BCUT2D eigenvalue weighted by atomic mass is 32.2. The first kappa shape index (κ1) is 21.4. The Bertz CT molecular complexity index is 764. The van der Waals surface area contributed by atoms with E-state index in [2.05, 4.69) is 5.32 Å². The number of piperidine rings is 1. The maximum atomic E-state index is 12.8. The fraction of sp³-hybridized carbons (Fsp3) is 0.579. The SMILES string of the molecule is CC1CC(C)CN(S(=O)(=O)c2ccc(C(=O)OCC(=O)NC(C)C)cc2)C1. The van der Waals surface area contributed by atoms with E-state index >= 15 is 0 Å². The molecule has 2 atom stereocenters. The summed E-state index contributed by atoms with van der Waals surface area (Å²) in [4.78, 5) is 23.7. The van der Waals surface area contributed by atoms with Gasteiger partial charge in [-0.25, -0.2) is 13.2 Å². The Hall–Kier alpha value is -1.93. The zero-order valence-electron chi connectivity index (χ0n) is 16.3. The number of nitrogens with one attached hydrogen (secondary N) is 1. The van der Waals surface area contributed by atoms with E-state index in [0.29, 0.717) is 24.9 Å². The van der Waals surface area contributed by atoms with Crippen LogP contribution in [0.3, 0.4) is 0 Å². The lowest BCUT2D eigenvalue weighted by atomic mass is 9.94. The second-order valence-corrected chi connectivity index (χ2v) is 9.53. The quantitative estimate of drug-likeness (QED) is 0.743. The number of hydrogen-bond donors (Lipinski definition) is 1. The van der Waals surface area contributed by atoms with Gasteiger partial charge in [0.15, 0.2) is 6.61 Å². The minimum Gasteiger partial charge on any atom is -0.452 e. The molecule has 0 saturated carbocycles. The molecule has 8 heteroatoms. The van der Waals surface area contributed by atoms with E-state index in [1.165, 1.54) is 28.6 Å². The second kappa shape index (κ2) is 8.84. The molecule has 0 bridgehead atoms. The first-order valence-electron chi connectivity index (χ1n) is 9.16. The molecule has 2 unspecified atom stereocenters. The van der Waals surface area contributed by atoms with E-state index in [9.17, 15) is 18.0 Å². The highest BCUT2D eigenvalue weighted by Crippen LogP contribution is 2.26. The van der Waals surface area contributed by atoms with E-state index in [1.807, 2.05) is 27.7 Å². The lowest BCUT2D eigenvalue weighted by Gasteiger charge is -2.34. The number of rotatable bonds is 6. The smallest absolute Gasteiger partial charge is 0.338 e. The van der Waals surface area contributed by atoms with Crippen molar-refractivity contribution in [3.8, 4) is 0 Å². The zero-order chi connectivity index (χ0) is 20.2. The number of amides is 1. The van der Waals surface area contributed by atoms with Crippen LogP contribution >= 0.6 is 0 Å². The van der Waals surface area contributed by atoms with Crippen molar-refractivity contribution in [2.75, 3.05) is 19.7 Å². The standard InChI is InChI=1S/C19H28N2O5S/c1-13(2)20-18(22)12-26-19(23)16-5-7-17(8-6-16)27(24,25)21-10-14(3)9-15(4)11-21/h5-8,13-15H,9-12H2,1-4H3,(H,20,22). The third-order valence-corrected chi connectivity index (χ3v) is 6.19. The summed E-state index contributed by atoms with van der Waals surface area (Å²) in [5.74, 6) is -0.423. The maximum Gasteiger partial charge on any atom is 0.338 e. The molecule has 1 amide bonds. The van der Waals surface area contributed by atoms with Crippen LogP contribution in [0, 0.1) is 11.8 Å². The zero-order valence-corrected chi connectivity index (χ0v) is 17.1. The molecule has 0 aliphatic carbocycles. The minimum absolute atomic E-state index is 0.0408. The molecule has 0 aromatic heterocycles. The van der Waals surface area contributed by atoms with Crippen LogP contribution < -0.4 is 5.32 Å². The number of ether oxygens (including phenoxy) is 1. The van der Waals surface area contributed by atoms with Gasteiger partial charge in [0.2, 0.25) is 10.0 Å². The van der Waals surface area contributed by atoms with Crippen molar-refractivity contribution >= 4 is 21.9 Å². The first-order valence-corrected chi connectivity index (χ1v) is 10.6. The Morgan fingerprint density at radius 1 is 1.15 bits per heavy atom. The van der Waals surface area contributed by atoms with Gasteiger partial charge in [0.25, 0.3) is 5.91 Å². The van der Waals surface area contributed by atoms with Crippen LogP contribution in [-0.4, -0.2) is 50.3 Å². The molecule has 1 aliphatic heterocycles. The average molecular weight is 397 g/mol. The summed E-state index contributed by atoms with van der Waals surface area (Å²) in [6.45, 7) is 8.34. The summed E-state index contributed by atoms with van der Waals surface area (Å²) in [6, 6.07) is 5.59. The van der Waals surface area contributed by atoms with E-state index in [4.69, 9.17) is 4.74 Å². The van der Waals surface area contributed by atoms with Gasteiger partial charge in [0.05, 0.1) is 10.5 Å². The number of benzene rings is 1. The number of nitrogens with zero attached hydrogens (tertiary/aromatic N) is 1. The van der Waals surface area contributed by atoms with E-state index < -0.39 is 16.0 Å². The van der Waals surface area contributed by atoms with E-state index in [0.717, 1.165) is 6.42 Å². The number of sulfonamides is 1. The molecular formula is C19H28N2O5S. The molecule has 7 nitrogen and oxygen atoms in total. The van der Waals surface area contributed by atoms with Crippen LogP contribution in [0.25, 0.3) is 0 Å². The number of carbonyl (C=O) groups excluding carboxylic acids is 2. The van der Waals surface area contributed by atoms with Gasteiger partial charge < -0.3 is 10.1 Å². The maximum absolute atomic E-state index is 12.8. The molecule has 1 saturated heterocycles. The van der Waals surface area contributed by atoms with Gasteiger partial charge in [0, 0.05) is 19.1 Å². The first-order chi connectivity index (χ1) is 12.6. The van der Waals surface area contributed by atoms with Crippen LogP contribution in [-0.2, 0) is 19.6 Å². The van der Waals surface area contributed by atoms with E-state index in [1.54, 1.807) is 0 Å². The third kappa shape index (κ3) is 5.77. The molecule has 0 spiro atoms. The lowest BCUT2D eigenvalue weighted by Crippen LogP contribution is -2.42. The molecule has 1 N–H and O–H groups in total. The van der Waals surface area contributed by atoms with E-state index in [-0.39, 0.29) is 29.0 Å². The summed E-state index contributed by atoms with van der Waals surface area (Å²) in [5.41, 5.74) is 0.201. The minimum atomic E-state index is -3.59. The fourth-order valence-electron chi connectivity index (χ4n) is 3.29. The van der Waals surface area contributed by atoms with Gasteiger partial charge in [-0.05, 0) is 56.4 Å². The van der Waals surface area contributed by atoms with Crippen molar-refractivity contribution < 1.29 is 22.7 Å². The Labute approximate surface area is 161 Å². The Balaban J connectivity index is 2.03. The molecule has 2 rings (SSSR count). The lowest BCUT2D eigenvalue weighted by molar-refractivity contribution is -0.124. The van der Waals surface area contributed by atoms with Crippen LogP contribution in [0.4, 0.5) is 0 Å². The Morgan fingerprint density at radius 3 is 2.22 bits per heavy atom. The third-order valence-electron chi connectivity index (χ3n) is 4.35. The predicted octanol–water partition coefficient (Wildman–Crippen LogP) is 2.03. The van der Waals surface area contributed by atoms with Crippen molar-refractivity contribution in [1.29, 1.82) is 0 Å². The summed E-state index contributed by atoms with van der Waals surface area (Å²) in [7, 11) is -3.59. The fourth-order valence-corrected chi connectivity index (χ4v) is 4.97. The molecule has 1 fully saturated rings. The topological polar surface area (TPSA) is 92.8 Å². The average Bonchev–Trinajstić information content (AvgIpc) is 2.58. The highest BCUT2D eigenvalue weighted by molar-refractivity contribution is 7.89. The van der Waals surface area contributed by atoms with Crippen molar-refractivity contribution in [1.82, 2.24) is 9.62 Å². The molecule has 150 valence electrons. The van der Waals surface area contributed by atoms with Crippen molar-refractivity contribution in [2.45, 2.75) is 45.1 Å². The molecule has 0 radical (unpaired) electrons. The molecule has 1 heterocycles. The van der Waals surface area contributed by atoms with Gasteiger partial charge in [-0.15, -0.1) is 0 Å². The van der Waals surface area contributed by atoms with Crippen LogP contribution in [0.1, 0.15) is 44.5 Å². The van der Waals surface area contributed by atoms with Crippen LogP contribution in [0.2, 0.25) is 0 Å². The molecule has 27 heavy (non-hydrogen) atoms. The van der Waals surface area contributed by atoms with Crippen LogP contribution in [0.15, 0.2) is 29.2 Å². The van der Waals surface area contributed by atoms with Gasteiger partial charge in [-0.1, -0.05) is 13.8 Å². The molecule has 1 aliphatic rings. The largest absolute Gasteiger partial charge is 0.452 e. The van der Waals surface area contributed by atoms with Gasteiger partial charge in [-0.2, -0.15) is 4.31 Å². The Morgan fingerprint density at radius 2 is 1.70 bits per heavy atom. The summed E-state index contributed by atoms with van der Waals surface area (Å²) in [6.07, 6.45) is 1.02. The molecule has 1 aromatic rings. The summed E-state index contributed by atoms with van der Waals surface area (Å²) < 4.78 is 32.1. The second-order valence-electron chi connectivity index (χ2n) is 7.59. The van der Waals surface area contributed by atoms with Crippen molar-refractivity contribution in [3.05, 3.63) is 29.8 Å². The molecule has 1 aromatic carbocycles. The van der Waals surface area contributed by atoms with Gasteiger partial charge in [-0.3, -0.25) is 4.79 Å². The van der Waals surface area contributed by atoms with Crippen molar-refractivity contribution in [2.24, 2.45) is 11.8 Å². The highest BCUT2D eigenvalue weighted by Gasteiger charge is 2.31.